The Bertz CT molecular complexity index is 219. The largest absolute Gasteiger partial charge is 0.353 e. The van der Waals surface area contributed by atoms with Crippen molar-refractivity contribution in [1.82, 2.24) is 5.32 Å². The monoisotopic (exact) mass is 196 g/mol. The minimum atomic E-state index is 0.240. The van der Waals surface area contributed by atoms with Crippen molar-refractivity contribution >= 4 is 5.91 Å². The average Bonchev–Trinajstić information content (AvgIpc) is 2.74. The molecule has 80 valence electrons. The number of nitrogens with two attached hydrogens (primary N) is 1. The molecule has 0 aromatic rings. The van der Waals surface area contributed by atoms with Crippen LogP contribution in [0.4, 0.5) is 0 Å². The summed E-state index contributed by atoms with van der Waals surface area (Å²) in [6, 6.07) is 0.240. The number of hydrogen-bond donors (Lipinski definition) is 2. The third-order valence-corrected chi connectivity index (χ3v) is 3.60. The van der Waals surface area contributed by atoms with Crippen LogP contribution in [0.25, 0.3) is 0 Å². The normalized spacial score (nSPS) is 36.3. The lowest BCUT2D eigenvalue weighted by Crippen LogP contribution is -2.37. The van der Waals surface area contributed by atoms with Crippen molar-refractivity contribution in [3.8, 4) is 0 Å². The molecule has 0 radical (unpaired) electrons. The Morgan fingerprint density at radius 3 is 2.64 bits per heavy atom. The van der Waals surface area contributed by atoms with Gasteiger partial charge in [-0.15, -0.1) is 0 Å². The lowest BCUT2D eigenvalue weighted by molar-refractivity contribution is -0.125. The van der Waals surface area contributed by atoms with Crippen molar-refractivity contribution in [1.29, 1.82) is 0 Å². The zero-order chi connectivity index (χ0) is 10.1. The van der Waals surface area contributed by atoms with E-state index < -0.39 is 0 Å². The van der Waals surface area contributed by atoms with E-state index in [9.17, 15) is 4.79 Å². The van der Waals surface area contributed by atoms with Crippen LogP contribution >= 0.6 is 0 Å². The Labute approximate surface area is 85.4 Å². The summed E-state index contributed by atoms with van der Waals surface area (Å²) in [6.07, 6.45) is 4.52. The van der Waals surface area contributed by atoms with Gasteiger partial charge < -0.3 is 11.1 Å². The standard InChI is InChI=1S/C11H20N2O/c1-7(2-3-12)13-11(14)10-5-8-4-9(8)6-10/h7-10H,2-6,12H2,1H3,(H,13,14). The maximum Gasteiger partial charge on any atom is 0.223 e. The molecular weight excluding hydrogens is 176 g/mol. The first-order valence-corrected chi connectivity index (χ1v) is 5.71. The predicted molar refractivity (Wildman–Crippen MR) is 55.6 cm³/mol. The summed E-state index contributed by atoms with van der Waals surface area (Å²) in [5.74, 6) is 2.34. The molecular formula is C11H20N2O. The molecule has 2 aliphatic rings. The molecule has 0 bridgehead atoms. The lowest BCUT2D eigenvalue weighted by atomic mass is 10.0. The Morgan fingerprint density at radius 2 is 2.07 bits per heavy atom. The Kier molecular flexibility index (Phi) is 2.77. The summed E-state index contributed by atoms with van der Waals surface area (Å²) in [6.45, 7) is 2.68. The van der Waals surface area contributed by atoms with Crippen molar-refractivity contribution in [2.45, 2.75) is 38.6 Å². The van der Waals surface area contributed by atoms with Crippen LogP contribution in [0.2, 0.25) is 0 Å². The van der Waals surface area contributed by atoms with Crippen LogP contribution in [0, 0.1) is 17.8 Å². The van der Waals surface area contributed by atoms with E-state index in [1.807, 2.05) is 6.92 Å². The minimum Gasteiger partial charge on any atom is -0.353 e. The first kappa shape index (κ1) is 9.97. The van der Waals surface area contributed by atoms with Crippen molar-refractivity contribution in [3.63, 3.8) is 0 Å². The summed E-state index contributed by atoms with van der Waals surface area (Å²) in [5, 5.41) is 3.04. The Morgan fingerprint density at radius 1 is 1.43 bits per heavy atom. The molecule has 3 heteroatoms. The molecule has 2 saturated carbocycles. The van der Waals surface area contributed by atoms with E-state index in [-0.39, 0.29) is 11.9 Å². The second-order valence-corrected chi connectivity index (χ2v) is 4.91. The van der Waals surface area contributed by atoms with Crippen molar-refractivity contribution in [2.24, 2.45) is 23.5 Å². The lowest BCUT2D eigenvalue weighted by Gasteiger charge is -2.17. The third-order valence-electron chi connectivity index (χ3n) is 3.60. The van der Waals surface area contributed by atoms with Crippen LogP contribution < -0.4 is 11.1 Å². The van der Waals surface area contributed by atoms with Gasteiger partial charge in [-0.3, -0.25) is 4.79 Å². The van der Waals surface area contributed by atoms with E-state index in [1.165, 1.54) is 6.42 Å². The van der Waals surface area contributed by atoms with Gasteiger partial charge in [0.25, 0.3) is 0 Å². The topological polar surface area (TPSA) is 55.1 Å². The highest BCUT2D eigenvalue weighted by Gasteiger charge is 2.47. The molecule has 3 N–H and O–H groups in total. The van der Waals surface area contributed by atoms with Gasteiger partial charge in [0.05, 0.1) is 0 Å². The SMILES string of the molecule is CC(CCN)NC(=O)C1CC2CC2C1. The van der Waals surface area contributed by atoms with Gasteiger partial charge in [0, 0.05) is 12.0 Å². The van der Waals surface area contributed by atoms with Crippen molar-refractivity contribution in [2.75, 3.05) is 6.54 Å². The van der Waals surface area contributed by atoms with Crippen LogP contribution in [0.1, 0.15) is 32.6 Å². The molecule has 1 amide bonds. The quantitative estimate of drug-likeness (QED) is 0.701. The van der Waals surface area contributed by atoms with E-state index in [1.54, 1.807) is 0 Å². The highest BCUT2D eigenvalue weighted by atomic mass is 16.1. The first-order valence-electron chi connectivity index (χ1n) is 5.71. The second-order valence-electron chi connectivity index (χ2n) is 4.91. The second kappa shape index (κ2) is 3.89. The number of rotatable bonds is 4. The van der Waals surface area contributed by atoms with Gasteiger partial charge in [-0.05, 0) is 51.0 Å². The van der Waals surface area contributed by atoms with E-state index in [0.717, 1.165) is 31.1 Å². The Balaban J connectivity index is 1.72. The summed E-state index contributed by atoms with van der Waals surface area (Å²) >= 11 is 0. The summed E-state index contributed by atoms with van der Waals surface area (Å²) in [4.78, 5) is 11.7. The average molecular weight is 196 g/mol. The molecule has 0 spiro atoms. The van der Waals surface area contributed by atoms with Crippen LogP contribution in [-0.2, 0) is 4.79 Å². The molecule has 14 heavy (non-hydrogen) atoms. The smallest absolute Gasteiger partial charge is 0.223 e. The van der Waals surface area contributed by atoms with Crippen LogP contribution in [0.3, 0.4) is 0 Å². The van der Waals surface area contributed by atoms with Gasteiger partial charge in [0.15, 0.2) is 0 Å². The van der Waals surface area contributed by atoms with E-state index in [0.29, 0.717) is 12.5 Å². The maximum atomic E-state index is 11.7. The number of hydrogen-bond acceptors (Lipinski definition) is 2. The molecule has 0 heterocycles. The molecule has 3 atom stereocenters. The van der Waals surface area contributed by atoms with Gasteiger partial charge in [-0.1, -0.05) is 0 Å². The van der Waals surface area contributed by atoms with Crippen LogP contribution in [-0.4, -0.2) is 18.5 Å². The fourth-order valence-corrected chi connectivity index (χ4v) is 2.61. The van der Waals surface area contributed by atoms with Crippen molar-refractivity contribution < 1.29 is 4.79 Å². The zero-order valence-electron chi connectivity index (χ0n) is 8.83. The van der Waals surface area contributed by atoms with E-state index in [2.05, 4.69) is 5.32 Å². The van der Waals surface area contributed by atoms with Gasteiger partial charge >= 0.3 is 0 Å². The van der Waals surface area contributed by atoms with E-state index in [4.69, 9.17) is 5.73 Å². The fraction of sp³-hybridized carbons (Fsp3) is 0.909. The zero-order valence-corrected chi connectivity index (χ0v) is 8.83. The highest BCUT2D eigenvalue weighted by molar-refractivity contribution is 5.79. The minimum absolute atomic E-state index is 0.240. The summed E-state index contributed by atoms with van der Waals surface area (Å²) in [7, 11) is 0. The van der Waals surface area contributed by atoms with Gasteiger partial charge in [0.1, 0.15) is 0 Å². The predicted octanol–water partition coefficient (Wildman–Crippen LogP) is 0.886. The number of nitrogens with one attached hydrogen (secondary N) is 1. The maximum absolute atomic E-state index is 11.7. The fourth-order valence-electron chi connectivity index (χ4n) is 2.61. The molecule has 2 fully saturated rings. The number of carbonyl (C=O) groups excluding carboxylic acids is 1. The van der Waals surface area contributed by atoms with Gasteiger partial charge in [-0.2, -0.15) is 0 Å². The Hall–Kier alpha value is -0.570. The summed E-state index contributed by atoms with van der Waals surface area (Å²) in [5.41, 5.74) is 5.44. The third kappa shape index (κ3) is 2.08. The van der Waals surface area contributed by atoms with Crippen molar-refractivity contribution in [3.05, 3.63) is 0 Å². The highest BCUT2D eigenvalue weighted by Crippen LogP contribution is 2.54. The van der Waals surface area contributed by atoms with E-state index >= 15 is 0 Å². The molecule has 0 aliphatic heterocycles. The molecule has 0 aromatic heterocycles. The molecule has 2 aliphatic carbocycles. The molecule has 0 aromatic carbocycles. The number of carbonyl (C=O) groups is 1. The molecule has 3 unspecified atom stereocenters. The molecule has 0 saturated heterocycles. The van der Waals surface area contributed by atoms with Crippen LogP contribution in [0.5, 0.6) is 0 Å². The number of amides is 1. The van der Waals surface area contributed by atoms with Gasteiger partial charge in [0.2, 0.25) is 5.91 Å². The number of fused-ring (bicyclic) bond motifs is 1. The van der Waals surface area contributed by atoms with Crippen LogP contribution in [0.15, 0.2) is 0 Å². The first-order chi connectivity index (χ1) is 6.70. The molecule has 3 nitrogen and oxygen atoms in total. The van der Waals surface area contributed by atoms with Gasteiger partial charge in [-0.25, -0.2) is 0 Å². The summed E-state index contributed by atoms with van der Waals surface area (Å²) < 4.78 is 0. The molecule has 2 rings (SSSR count).